The van der Waals surface area contributed by atoms with Crippen LogP contribution in [-0.2, 0) is 20.8 Å². The van der Waals surface area contributed by atoms with Crippen LogP contribution < -0.4 is 11.4 Å². The number of hydrogen-bond acceptors (Lipinski definition) is 7. The molecule has 1 aliphatic rings. The minimum Gasteiger partial charge on any atom is -0.463 e. The van der Waals surface area contributed by atoms with Gasteiger partial charge in [-0.25, -0.2) is 13.6 Å². The van der Waals surface area contributed by atoms with Crippen molar-refractivity contribution in [2.24, 2.45) is 0 Å². The van der Waals surface area contributed by atoms with Crippen molar-refractivity contribution in [1.29, 1.82) is 0 Å². The van der Waals surface area contributed by atoms with Crippen LogP contribution in [0.2, 0.25) is 0 Å². The predicted molar refractivity (Wildman–Crippen MR) is 143 cm³/mol. The van der Waals surface area contributed by atoms with E-state index >= 15 is 0 Å². The molecule has 0 saturated carbocycles. The standard InChI is InChI=1S/C28H45F2N3O5/c1-2-3-4-5-6-7-8-9-10-11-12-13-14-15-16-17-25(34)37-21-22-26(35)28(29,30)23(38-22)20-33-19-18-24(31)32-27(33)36/h9-10,18-19,22-23,26,35H,2-8,11-17,20-21H2,1H3,(H2,31,32,36)/b10-9+/t22-,23+,26+/m1/s1. The third-order valence-electron chi connectivity index (χ3n) is 6.82. The number of unbranched alkanes of at least 4 members (excludes halogenated alkanes) is 11. The third kappa shape index (κ3) is 11.2. The zero-order valence-electron chi connectivity index (χ0n) is 22.7. The van der Waals surface area contributed by atoms with Gasteiger partial charge in [0.25, 0.3) is 0 Å². The van der Waals surface area contributed by atoms with E-state index in [1.165, 1.54) is 50.8 Å². The molecule has 1 fully saturated rings. The van der Waals surface area contributed by atoms with Crippen molar-refractivity contribution in [1.82, 2.24) is 9.55 Å². The summed E-state index contributed by atoms with van der Waals surface area (Å²) in [7, 11) is 0. The van der Waals surface area contributed by atoms with E-state index in [2.05, 4.69) is 24.1 Å². The maximum atomic E-state index is 14.5. The number of anilines is 1. The molecule has 1 aromatic rings. The molecule has 216 valence electrons. The molecule has 0 unspecified atom stereocenters. The summed E-state index contributed by atoms with van der Waals surface area (Å²) in [6.07, 6.45) is 15.6. The van der Waals surface area contributed by atoms with Gasteiger partial charge in [0.1, 0.15) is 30.7 Å². The monoisotopic (exact) mass is 541 g/mol. The number of nitrogens with two attached hydrogens (primary N) is 1. The number of aliphatic hydroxyl groups excluding tert-OH is 1. The van der Waals surface area contributed by atoms with E-state index in [0.717, 1.165) is 43.1 Å². The first-order chi connectivity index (χ1) is 18.3. The molecule has 1 aromatic heterocycles. The Hall–Kier alpha value is -2.33. The fourth-order valence-corrected chi connectivity index (χ4v) is 4.46. The van der Waals surface area contributed by atoms with Gasteiger partial charge in [0.05, 0.1) is 6.54 Å². The minimum atomic E-state index is -3.62. The summed E-state index contributed by atoms with van der Waals surface area (Å²) in [5.74, 6) is -4.16. The van der Waals surface area contributed by atoms with Crippen LogP contribution in [0.3, 0.4) is 0 Å². The second kappa shape index (κ2) is 17.3. The van der Waals surface area contributed by atoms with Gasteiger partial charge in [0, 0.05) is 12.6 Å². The van der Waals surface area contributed by atoms with Gasteiger partial charge in [-0.3, -0.25) is 9.36 Å². The molecule has 3 N–H and O–H groups in total. The molecular formula is C28H45F2N3O5. The number of hydrogen-bond donors (Lipinski definition) is 2. The Bertz CT molecular complexity index is 909. The molecule has 10 heteroatoms. The number of carbonyl (C=O) groups is 1. The molecule has 8 nitrogen and oxygen atoms in total. The van der Waals surface area contributed by atoms with Gasteiger partial charge in [-0.05, 0) is 38.2 Å². The van der Waals surface area contributed by atoms with Crippen LogP contribution in [0.15, 0.2) is 29.2 Å². The van der Waals surface area contributed by atoms with Gasteiger partial charge in [-0.1, -0.05) is 70.4 Å². The Kier molecular flexibility index (Phi) is 14.5. The largest absolute Gasteiger partial charge is 0.463 e. The first-order valence-corrected chi connectivity index (χ1v) is 14.1. The summed E-state index contributed by atoms with van der Waals surface area (Å²) in [4.78, 5) is 27.4. The van der Waals surface area contributed by atoms with E-state index in [0.29, 0.717) is 6.42 Å². The maximum absolute atomic E-state index is 14.5. The normalized spacial score (nSPS) is 20.8. The van der Waals surface area contributed by atoms with E-state index in [1.807, 2.05) is 0 Å². The maximum Gasteiger partial charge on any atom is 0.349 e. The summed E-state index contributed by atoms with van der Waals surface area (Å²) < 4.78 is 40.3. The predicted octanol–water partition coefficient (Wildman–Crippen LogP) is 5.17. The molecule has 1 aliphatic heterocycles. The van der Waals surface area contributed by atoms with Crippen molar-refractivity contribution in [3.63, 3.8) is 0 Å². The molecule has 2 rings (SSSR count). The Morgan fingerprint density at radius 3 is 2.34 bits per heavy atom. The van der Waals surface area contributed by atoms with E-state index in [4.69, 9.17) is 15.2 Å². The minimum absolute atomic E-state index is 0.0265. The fraction of sp³-hybridized carbons (Fsp3) is 0.750. The second-order valence-electron chi connectivity index (χ2n) is 10.1. The van der Waals surface area contributed by atoms with Gasteiger partial charge in [0.2, 0.25) is 0 Å². The molecular weight excluding hydrogens is 496 g/mol. The lowest BCUT2D eigenvalue weighted by atomic mass is 10.1. The average molecular weight is 542 g/mol. The molecule has 38 heavy (non-hydrogen) atoms. The van der Waals surface area contributed by atoms with Gasteiger partial charge < -0.3 is 20.3 Å². The highest BCUT2D eigenvalue weighted by Gasteiger charge is 2.58. The second-order valence-corrected chi connectivity index (χ2v) is 10.1. The SMILES string of the molecule is CCCCCCCC/C=C/CCCCCCCC(=O)OC[C@H]1O[C@@H](Cn2ccc(N)nc2=O)C(F)(F)[C@H]1O. The van der Waals surface area contributed by atoms with Crippen molar-refractivity contribution < 1.29 is 28.2 Å². The zero-order valence-corrected chi connectivity index (χ0v) is 22.7. The molecule has 0 aliphatic carbocycles. The van der Waals surface area contributed by atoms with Crippen LogP contribution >= 0.6 is 0 Å². The molecule has 0 spiro atoms. The molecule has 0 radical (unpaired) electrons. The van der Waals surface area contributed by atoms with E-state index in [9.17, 15) is 23.5 Å². The van der Waals surface area contributed by atoms with Crippen LogP contribution in [0.5, 0.6) is 0 Å². The average Bonchev–Trinajstić information content (AvgIpc) is 3.09. The van der Waals surface area contributed by atoms with Crippen molar-refractivity contribution in [3.05, 3.63) is 34.9 Å². The van der Waals surface area contributed by atoms with Gasteiger partial charge in [-0.15, -0.1) is 0 Å². The Morgan fingerprint density at radius 1 is 1.11 bits per heavy atom. The fourth-order valence-electron chi connectivity index (χ4n) is 4.46. The number of rotatable bonds is 19. The lowest BCUT2D eigenvalue weighted by Gasteiger charge is -2.20. The number of nitrogens with zero attached hydrogens (tertiary/aromatic N) is 2. The van der Waals surface area contributed by atoms with Gasteiger partial charge >= 0.3 is 17.6 Å². The zero-order chi connectivity index (χ0) is 27.8. The first-order valence-electron chi connectivity index (χ1n) is 14.1. The summed E-state index contributed by atoms with van der Waals surface area (Å²) >= 11 is 0. The summed E-state index contributed by atoms with van der Waals surface area (Å²) in [6.45, 7) is 1.23. The number of allylic oxidation sites excluding steroid dienone is 2. The highest BCUT2D eigenvalue weighted by Crippen LogP contribution is 2.37. The molecule has 0 aromatic carbocycles. The molecule has 0 bridgehead atoms. The van der Waals surface area contributed by atoms with E-state index in [1.54, 1.807) is 0 Å². The molecule has 3 atom stereocenters. The number of aliphatic hydroxyl groups is 1. The van der Waals surface area contributed by atoms with Crippen LogP contribution in [0.1, 0.15) is 96.8 Å². The Labute approximate surface area is 224 Å². The lowest BCUT2D eigenvalue weighted by Crippen LogP contribution is -2.43. The third-order valence-corrected chi connectivity index (χ3v) is 6.82. The van der Waals surface area contributed by atoms with E-state index in [-0.39, 0.29) is 12.2 Å². The number of alkyl halides is 2. The highest BCUT2D eigenvalue weighted by atomic mass is 19.3. The Balaban J connectivity index is 1.54. The summed E-state index contributed by atoms with van der Waals surface area (Å²) in [6, 6.07) is 1.30. The van der Waals surface area contributed by atoms with Crippen LogP contribution in [-0.4, -0.2) is 51.5 Å². The number of halogens is 2. The summed E-state index contributed by atoms with van der Waals surface area (Å²) in [5, 5.41) is 10.0. The van der Waals surface area contributed by atoms with E-state index < -0.39 is 49.0 Å². The van der Waals surface area contributed by atoms with Crippen LogP contribution in [0.25, 0.3) is 0 Å². The molecule has 0 amide bonds. The van der Waals surface area contributed by atoms with Gasteiger partial charge in [0.15, 0.2) is 0 Å². The summed E-state index contributed by atoms with van der Waals surface area (Å²) in [5.41, 5.74) is 4.61. The first kappa shape index (κ1) is 31.9. The highest BCUT2D eigenvalue weighted by molar-refractivity contribution is 5.69. The van der Waals surface area contributed by atoms with Crippen LogP contribution in [0, 0.1) is 0 Å². The van der Waals surface area contributed by atoms with Crippen molar-refractivity contribution in [2.45, 2.75) is 128 Å². The van der Waals surface area contributed by atoms with Crippen molar-refractivity contribution in [3.8, 4) is 0 Å². The number of aromatic nitrogens is 2. The molecule has 1 saturated heterocycles. The van der Waals surface area contributed by atoms with Crippen molar-refractivity contribution in [2.75, 3.05) is 12.3 Å². The van der Waals surface area contributed by atoms with Gasteiger partial charge in [-0.2, -0.15) is 4.98 Å². The Morgan fingerprint density at radius 2 is 1.71 bits per heavy atom. The number of esters is 1. The van der Waals surface area contributed by atoms with Crippen LogP contribution in [0.4, 0.5) is 14.6 Å². The quantitative estimate of drug-likeness (QED) is 0.141. The number of carbonyl (C=O) groups excluding carboxylic acids is 1. The smallest absolute Gasteiger partial charge is 0.349 e. The number of ether oxygens (including phenoxy) is 2. The lowest BCUT2D eigenvalue weighted by molar-refractivity contribution is -0.149. The number of nitrogen functional groups attached to an aromatic ring is 1. The molecule has 2 heterocycles. The topological polar surface area (TPSA) is 117 Å². The van der Waals surface area contributed by atoms with Crippen molar-refractivity contribution >= 4 is 11.8 Å².